The predicted octanol–water partition coefficient (Wildman–Crippen LogP) is 5.47. The third-order valence-electron chi connectivity index (χ3n) is 4.42. The molecule has 4 aromatic rings. The highest BCUT2D eigenvalue weighted by atomic mass is 14.9. The Morgan fingerprint density at radius 1 is 0.826 bits per heavy atom. The Morgan fingerprint density at radius 3 is 2.22 bits per heavy atom. The summed E-state index contributed by atoms with van der Waals surface area (Å²) >= 11 is 0. The first-order valence-corrected chi connectivity index (χ1v) is 8.32. The Hall–Kier alpha value is -2.48. The number of aromatic nitrogens is 2. The number of aryl methyl sites for hydroxylation is 3. The molecule has 2 aromatic carbocycles. The number of fused-ring (bicyclic) bond motifs is 2. The van der Waals surface area contributed by atoms with Crippen molar-refractivity contribution in [3.63, 3.8) is 0 Å². The number of aromatic amines is 1. The second-order valence-electron chi connectivity index (χ2n) is 5.85. The zero-order chi connectivity index (χ0) is 16.2. The first-order chi connectivity index (χ1) is 11.2. The third-order valence-corrected chi connectivity index (χ3v) is 4.42. The first-order valence-electron chi connectivity index (χ1n) is 8.32. The van der Waals surface area contributed by atoms with Crippen molar-refractivity contribution >= 4 is 21.8 Å². The minimum absolute atomic E-state index is 1.10. The smallest absolute Gasteiger partial charge is 0.0480 e. The molecule has 0 atom stereocenters. The molecule has 0 radical (unpaired) electrons. The second kappa shape index (κ2) is 6.74. The van der Waals surface area contributed by atoms with E-state index in [1.54, 1.807) is 0 Å². The highest BCUT2D eigenvalue weighted by Gasteiger charge is 2.02. The van der Waals surface area contributed by atoms with E-state index in [0.717, 1.165) is 12.8 Å². The summed E-state index contributed by atoms with van der Waals surface area (Å²) in [5.41, 5.74) is 5.41. The topological polar surface area (TPSA) is 20.7 Å². The van der Waals surface area contributed by atoms with Gasteiger partial charge in [0, 0.05) is 41.2 Å². The summed E-state index contributed by atoms with van der Waals surface area (Å²) in [5, 5.41) is 2.75. The molecule has 0 unspecified atom stereocenters. The minimum Gasteiger partial charge on any atom is -0.361 e. The van der Waals surface area contributed by atoms with E-state index in [1.807, 2.05) is 0 Å². The quantitative estimate of drug-likeness (QED) is 0.507. The SMILES string of the molecule is CCc1c[nH]c2ccccc12.CCc1cn(C)c2ccccc12. The van der Waals surface area contributed by atoms with Crippen LogP contribution in [-0.2, 0) is 19.9 Å². The van der Waals surface area contributed by atoms with Crippen LogP contribution in [0.25, 0.3) is 21.8 Å². The lowest BCUT2D eigenvalue weighted by Crippen LogP contribution is -1.81. The Balaban J connectivity index is 0.000000136. The van der Waals surface area contributed by atoms with Crippen molar-refractivity contribution in [2.45, 2.75) is 26.7 Å². The number of H-pyrrole nitrogens is 1. The maximum absolute atomic E-state index is 3.24. The van der Waals surface area contributed by atoms with Crippen LogP contribution in [-0.4, -0.2) is 9.55 Å². The van der Waals surface area contributed by atoms with Gasteiger partial charge in [-0.3, -0.25) is 0 Å². The normalized spacial score (nSPS) is 10.7. The second-order valence-corrected chi connectivity index (χ2v) is 5.85. The predicted molar refractivity (Wildman–Crippen MR) is 100.0 cm³/mol. The average Bonchev–Trinajstić information content (AvgIpc) is 3.17. The lowest BCUT2D eigenvalue weighted by atomic mass is 10.1. The number of nitrogens with one attached hydrogen (secondary N) is 1. The molecule has 0 aliphatic carbocycles. The van der Waals surface area contributed by atoms with E-state index in [9.17, 15) is 0 Å². The lowest BCUT2D eigenvalue weighted by molar-refractivity contribution is 0.954. The molecule has 0 amide bonds. The Morgan fingerprint density at radius 2 is 1.48 bits per heavy atom. The molecule has 0 aliphatic heterocycles. The maximum atomic E-state index is 3.24. The van der Waals surface area contributed by atoms with Gasteiger partial charge in [-0.15, -0.1) is 0 Å². The van der Waals surface area contributed by atoms with E-state index in [0.29, 0.717) is 0 Å². The van der Waals surface area contributed by atoms with Crippen LogP contribution in [0.1, 0.15) is 25.0 Å². The molecule has 0 spiro atoms. The molecule has 0 aliphatic rings. The molecule has 118 valence electrons. The van der Waals surface area contributed by atoms with E-state index in [4.69, 9.17) is 0 Å². The summed E-state index contributed by atoms with van der Waals surface area (Å²) in [6.45, 7) is 4.37. The van der Waals surface area contributed by atoms with Gasteiger partial charge in [-0.25, -0.2) is 0 Å². The highest BCUT2D eigenvalue weighted by molar-refractivity contribution is 5.84. The summed E-state index contributed by atoms with van der Waals surface area (Å²) in [6.07, 6.45) is 6.51. The minimum atomic E-state index is 1.10. The van der Waals surface area contributed by atoms with Crippen LogP contribution in [0.3, 0.4) is 0 Å². The fraction of sp³-hybridized carbons (Fsp3) is 0.238. The van der Waals surface area contributed by atoms with Gasteiger partial charge in [-0.05, 0) is 36.1 Å². The molecule has 2 heterocycles. The van der Waals surface area contributed by atoms with E-state index in [-0.39, 0.29) is 0 Å². The van der Waals surface area contributed by atoms with Gasteiger partial charge < -0.3 is 9.55 Å². The lowest BCUT2D eigenvalue weighted by Gasteiger charge is -1.93. The van der Waals surface area contributed by atoms with Crippen LogP contribution in [0.5, 0.6) is 0 Å². The van der Waals surface area contributed by atoms with E-state index in [2.05, 4.69) is 91.4 Å². The number of benzene rings is 2. The molecule has 0 fully saturated rings. The molecule has 0 saturated carbocycles. The summed E-state index contributed by atoms with van der Waals surface area (Å²) in [6, 6.07) is 16.9. The molecule has 2 nitrogen and oxygen atoms in total. The number of rotatable bonds is 2. The van der Waals surface area contributed by atoms with Crippen LogP contribution >= 0.6 is 0 Å². The molecule has 2 aromatic heterocycles. The van der Waals surface area contributed by atoms with Crippen LogP contribution in [0.2, 0.25) is 0 Å². The third kappa shape index (κ3) is 3.02. The van der Waals surface area contributed by atoms with Crippen molar-refractivity contribution in [2.24, 2.45) is 7.05 Å². The molecule has 23 heavy (non-hydrogen) atoms. The molecule has 1 N–H and O–H groups in total. The molecule has 0 bridgehead atoms. The van der Waals surface area contributed by atoms with Gasteiger partial charge >= 0.3 is 0 Å². The monoisotopic (exact) mass is 304 g/mol. The standard InChI is InChI=1S/C11H13N.C10H11N/c1-3-9-8-12(2)11-7-5-4-6-10(9)11;1-2-8-7-11-10-6-4-3-5-9(8)10/h4-8H,3H2,1-2H3;3-7,11H,2H2,1H3. The van der Waals surface area contributed by atoms with Crippen molar-refractivity contribution in [1.82, 2.24) is 9.55 Å². The number of para-hydroxylation sites is 2. The number of nitrogens with zero attached hydrogens (tertiary/aromatic N) is 1. The Kier molecular flexibility index (Phi) is 4.52. The summed E-state index contributed by atoms with van der Waals surface area (Å²) in [7, 11) is 2.10. The first kappa shape index (κ1) is 15.4. The van der Waals surface area contributed by atoms with Crippen molar-refractivity contribution in [2.75, 3.05) is 0 Å². The highest BCUT2D eigenvalue weighted by Crippen LogP contribution is 2.20. The van der Waals surface area contributed by atoms with Crippen molar-refractivity contribution in [3.8, 4) is 0 Å². The Bertz CT molecular complexity index is 912. The molecule has 2 heteroatoms. The van der Waals surface area contributed by atoms with Crippen molar-refractivity contribution in [3.05, 3.63) is 72.1 Å². The van der Waals surface area contributed by atoms with Crippen molar-refractivity contribution in [1.29, 1.82) is 0 Å². The number of hydrogen-bond acceptors (Lipinski definition) is 0. The maximum Gasteiger partial charge on any atom is 0.0480 e. The van der Waals surface area contributed by atoms with E-state index < -0.39 is 0 Å². The average molecular weight is 304 g/mol. The Labute approximate surface area is 137 Å². The van der Waals surface area contributed by atoms with Gasteiger partial charge in [0.1, 0.15) is 0 Å². The van der Waals surface area contributed by atoms with Gasteiger partial charge in [0.15, 0.2) is 0 Å². The number of hydrogen-bond donors (Lipinski definition) is 1. The van der Waals surface area contributed by atoms with Crippen LogP contribution in [0.15, 0.2) is 60.9 Å². The van der Waals surface area contributed by atoms with Crippen LogP contribution in [0, 0.1) is 0 Å². The van der Waals surface area contributed by atoms with Crippen LogP contribution < -0.4 is 0 Å². The van der Waals surface area contributed by atoms with Crippen molar-refractivity contribution < 1.29 is 0 Å². The molecular formula is C21H24N2. The summed E-state index contributed by atoms with van der Waals surface area (Å²) in [4.78, 5) is 3.24. The summed E-state index contributed by atoms with van der Waals surface area (Å²) < 4.78 is 2.19. The van der Waals surface area contributed by atoms with Gasteiger partial charge in [-0.2, -0.15) is 0 Å². The summed E-state index contributed by atoms with van der Waals surface area (Å²) in [5.74, 6) is 0. The van der Waals surface area contributed by atoms with Gasteiger partial charge in [-0.1, -0.05) is 50.2 Å². The van der Waals surface area contributed by atoms with Crippen LogP contribution in [0.4, 0.5) is 0 Å². The fourth-order valence-corrected chi connectivity index (χ4v) is 3.13. The zero-order valence-corrected chi connectivity index (χ0v) is 14.1. The molecule has 0 saturated heterocycles. The zero-order valence-electron chi connectivity index (χ0n) is 14.1. The van der Waals surface area contributed by atoms with E-state index >= 15 is 0 Å². The largest absolute Gasteiger partial charge is 0.361 e. The van der Waals surface area contributed by atoms with E-state index in [1.165, 1.54) is 32.9 Å². The fourth-order valence-electron chi connectivity index (χ4n) is 3.13. The molecule has 4 rings (SSSR count). The van der Waals surface area contributed by atoms with Gasteiger partial charge in [0.05, 0.1) is 0 Å². The van der Waals surface area contributed by atoms with Gasteiger partial charge in [0.25, 0.3) is 0 Å². The van der Waals surface area contributed by atoms with Gasteiger partial charge in [0.2, 0.25) is 0 Å². The molecular weight excluding hydrogens is 280 g/mol.